The number of hydrogen-bond donors (Lipinski definition) is 1. The minimum atomic E-state index is -4.27. The number of sulfonamides is 1. The van der Waals surface area contributed by atoms with E-state index in [1.165, 1.54) is 0 Å². The summed E-state index contributed by atoms with van der Waals surface area (Å²) in [5.41, 5.74) is -0.964. The van der Waals surface area contributed by atoms with Crippen LogP contribution < -0.4 is 5.14 Å². The summed E-state index contributed by atoms with van der Waals surface area (Å²) in [6.07, 6.45) is -3.05. The number of rotatable bonds is 2. The van der Waals surface area contributed by atoms with Gasteiger partial charge < -0.3 is 0 Å². The predicted molar refractivity (Wildman–Crippen MR) is 40.5 cm³/mol. The summed E-state index contributed by atoms with van der Waals surface area (Å²) in [7, 11) is -4.27. The molecule has 0 aromatic carbocycles. The minimum Gasteiger partial charge on any atom is -0.234 e. The molecule has 0 aliphatic carbocycles. The molecule has 0 saturated heterocycles. The van der Waals surface area contributed by atoms with E-state index in [-0.39, 0.29) is 0 Å². The highest BCUT2D eigenvalue weighted by molar-refractivity contribution is 7.89. The van der Waals surface area contributed by atoms with Gasteiger partial charge in [0.2, 0.25) is 0 Å². The van der Waals surface area contributed by atoms with Crippen molar-refractivity contribution in [3.05, 3.63) is 23.6 Å². The molecule has 0 spiro atoms. The molecule has 4 nitrogen and oxygen atoms in total. The van der Waals surface area contributed by atoms with E-state index in [1.807, 2.05) is 0 Å². The van der Waals surface area contributed by atoms with Gasteiger partial charge in [-0.15, -0.1) is 0 Å². The van der Waals surface area contributed by atoms with Crippen LogP contribution in [0.2, 0.25) is 0 Å². The zero-order chi connectivity index (χ0) is 10.9. The Hall–Kier alpha value is -1.15. The maximum atomic E-state index is 12.6. The van der Waals surface area contributed by atoms with Gasteiger partial charge in [-0.1, -0.05) is 0 Å². The van der Waals surface area contributed by atoms with Gasteiger partial charge in [0.15, 0.2) is 5.03 Å². The van der Waals surface area contributed by atoms with Gasteiger partial charge >= 0.3 is 0 Å². The van der Waals surface area contributed by atoms with Gasteiger partial charge in [0.25, 0.3) is 16.4 Å². The van der Waals surface area contributed by atoms with Gasteiger partial charge in [0, 0.05) is 12.1 Å². The number of primary sulfonamides is 1. The highest BCUT2D eigenvalue weighted by Gasteiger charge is 2.17. The van der Waals surface area contributed by atoms with E-state index < -0.39 is 33.0 Å². The Kier molecular flexibility index (Phi) is 2.76. The number of pyridine rings is 1. The lowest BCUT2D eigenvalue weighted by atomic mass is 10.3. The van der Waals surface area contributed by atoms with Gasteiger partial charge in [0.05, 0.1) is 0 Å². The average Bonchev–Trinajstić information content (AvgIpc) is 2.01. The molecule has 1 aromatic rings. The third-order valence-electron chi connectivity index (χ3n) is 1.30. The van der Waals surface area contributed by atoms with Crippen LogP contribution in [0.5, 0.6) is 0 Å². The number of nitrogens with zero attached hydrogens (tertiary/aromatic N) is 1. The summed E-state index contributed by atoms with van der Waals surface area (Å²) in [4.78, 5) is 3.00. The van der Waals surface area contributed by atoms with E-state index in [1.54, 1.807) is 0 Å². The van der Waals surface area contributed by atoms with Crippen LogP contribution in [0, 0.1) is 5.82 Å². The topological polar surface area (TPSA) is 73.1 Å². The summed E-state index contributed by atoms with van der Waals surface area (Å²) in [6, 6.07) is 0.917. The lowest BCUT2D eigenvalue weighted by Crippen LogP contribution is -2.15. The number of halogens is 3. The van der Waals surface area contributed by atoms with Crippen molar-refractivity contribution in [3.8, 4) is 0 Å². The number of alkyl halides is 2. The molecule has 14 heavy (non-hydrogen) atoms. The molecule has 0 bridgehead atoms. The summed E-state index contributed by atoms with van der Waals surface area (Å²) in [6.45, 7) is 0. The highest BCUT2D eigenvalue weighted by Crippen LogP contribution is 2.19. The van der Waals surface area contributed by atoms with E-state index in [2.05, 4.69) is 10.1 Å². The fraction of sp³-hybridized carbons (Fsp3) is 0.167. The lowest BCUT2D eigenvalue weighted by molar-refractivity contribution is 0.144. The first kappa shape index (κ1) is 10.9. The Labute approximate surface area is 77.6 Å². The first-order valence-electron chi connectivity index (χ1n) is 3.29. The van der Waals surface area contributed by atoms with Crippen molar-refractivity contribution in [3.63, 3.8) is 0 Å². The fourth-order valence-electron chi connectivity index (χ4n) is 0.750. The summed E-state index contributed by atoms with van der Waals surface area (Å²) < 4.78 is 58.1. The molecule has 0 aliphatic heterocycles. The largest absolute Gasteiger partial charge is 0.280 e. The SMILES string of the molecule is NS(=O)(=O)c1cc(F)cc(C(F)F)n1. The van der Waals surface area contributed by atoms with Crippen molar-refractivity contribution in [1.29, 1.82) is 0 Å². The van der Waals surface area contributed by atoms with E-state index >= 15 is 0 Å². The maximum Gasteiger partial charge on any atom is 0.280 e. The molecule has 1 aromatic heterocycles. The van der Waals surface area contributed by atoms with Crippen molar-refractivity contribution in [2.45, 2.75) is 11.5 Å². The minimum absolute atomic E-state index is 0.444. The molecule has 0 amide bonds. The van der Waals surface area contributed by atoms with Gasteiger partial charge in [-0.25, -0.2) is 31.7 Å². The Morgan fingerprint density at radius 3 is 2.36 bits per heavy atom. The zero-order valence-corrected chi connectivity index (χ0v) is 7.43. The van der Waals surface area contributed by atoms with Crippen molar-refractivity contribution < 1.29 is 21.6 Å². The van der Waals surface area contributed by atoms with Gasteiger partial charge in [-0.05, 0) is 0 Å². The van der Waals surface area contributed by atoms with Crippen molar-refractivity contribution >= 4 is 10.0 Å². The normalized spacial score (nSPS) is 12.1. The molecule has 0 unspecified atom stereocenters. The van der Waals surface area contributed by atoms with Crippen LogP contribution in [0.15, 0.2) is 17.2 Å². The Balaban J connectivity index is 3.35. The molecule has 8 heteroatoms. The summed E-state index contributed by atoms with van der Waals surface area (Å²) in [5.74, 6) is -1.13. The molecular weight excluding hydrogens is 221 g/mol. The van der Waals surface area contributed by atoms with E-state index in [0.29, 0.717) is 12.1 Å². The number of hydrogen-bond acceptors (Lipinski definition) is 3. The quantitative estimate of drug-likeness (QED) is 0.810. The first-order valence-corrected chi connectivity index (χ1v) is 4.84. The third kappa shape index (κ3) is 2.42. The molecule has 2 N–H and O–H groups in total. The Morgan fingerprint density at radius 1 is 1.36 bits per heavy atom. The second-order valence-electron chi connectivity index (χ2n) is 2.39. The molecule has 0 radical (unpaired) electrons. The maximum absolute atomic E-state index is 12.6. The second kappa shape index (κ2) is 3.54. The molecule has 0 aliphatic rings. The van der Waals surface area contributed by atoms with Crippen LogP contribution in [0.3, 0.4) is 0 Å². The van der Waals surface area contributed by atoms with Crippen LogP contribution in [-0.2, 0) is 10.0 Å². The third-order valence-corrected chi connectivity index (χ3v) is 2.09. The standard InChI is InChI=1S/C6H5F3N2O2S/c7-3-1-4(6(8)9)11-5(2-3)14(10,12)13/h1-2,6H,(H2,10,12,13). The lowest BCUT2D eigenvalue weighted by Gasteiger charge is -2.02. The molecule has 78 valence electrons. The second-order valence-corrected chi connectivity index (χ2v) is 3.90. The van der Waals surface area contributed by atoms with Crippen LogP contribution in [0.1, 0.15) is 12.1 Å². The van der Waals surface area contributed by atoms with Crippen molar-refractivity contribution in [2.75, 3.05) is 0 Å². The summed E-state index contributed by atoms with van der Waals surface area (Å²) in [5, 5.41) is 3.68. The fourth-order valence-corrected chi connectivity index (χ4v) is 1.26. The molecule has 1 heterocycles. The number of aromatic nitrogens is 1. The Morgan fingerprint density at radius 2 is 1.93 bits per heavy atom. The highest BCUT2D eigenvalue weighted by atomic mass is 32.2. The molecule has 0 saturated carbocycles. The van der Waals surface area contributed by atoms with E-state index in [4.69, 9.17) is 0 Å². The molecular formula is C6H5F3N2O2S. The van der Waals surface area contributed by atoms with Crippen molar-refractivity contribution in [2.24, 2.45) is 5.14 Å². The van der Waals surface area contributed by atoms with E-state index in [9.17, 15) is 21.6 Å². The molecule has 1 rings (SSSR count). The monoisotopic (exact) mass is 226 g/mol. The summed E-state index contributed by atoms with van der Waals surface area (Å²) >= 11 is 0. The average molecular weight is 226 g/mol. The van der Waals surface area contributed by atoms with Gasteiger partial charge in [-0.3, -0.25) is 0 Å². The molecule has 0 fully saturated rings. The zero-order valence-electron chi connectivity index (χ0n) is 6.62. The van der Waals surface area contributed by atoms with Gasteiger partial charge in [-0.2, -0.15) is 0 Å². The van der Waals surface area contributed by atoms with Crippen LogP contribution in [0.25, 0.3) is 0 Å². The molecule has 0 atom stereocenters. The van der Waals surface area contributed by atoms with Crippen LogP contribution in [-0.4, -0.2) is 13.4 Å². The van der Waals surface area contributed by atoms with Crippen LogP contribution in [0.4, 0.5) is 13.2 Å². The van der Waals surface area contributed by atoms with Crippen molar-refractivity contribution in [1.82, 2.24) is 4.98 Å². The van der Waals surface area contributed by atoms with E-state index in [0.717, 1.165) is 0 Å². The number of nitrogens with two attached hydrogens (primary N) is 1. The smallest absolute Gasteiger partial charge is 0.234 e. The Bertz CT molecular complexity index is 446. The van der Waals surface area contributed by atoms with Gasteiger partial charge in [0.1, 0.15) is 11.5 Å². The first-order chi connectivity index (χ1) is 6.30. The van der Waals surface area contributed by atoms with Crippen LogP contribution >= 0.6 is 0 Å². The predicted octanol–water partition coefficient (Wildman–Crippen LogP) is 0.806.